The first-order chi connectivity index (χ1) is 21.9. The van der Waals surface area contributed by atoms with Crippen LogP contribution in [-0.4, -0.2) is 50.0 Å². The molecule has 9 rings (SSSR count). The fraction of sp³-hybridized carbons (Fsp3) is 0.543. The van der Waals surface area contributed by atoms with E-state index in [1.807, 2.05) is 13.0 Å². The highest BCUT2D eigenvalue weighted by Gasteiger charge is 2.46. The number of nitrogens with one attached hydrogen (secondary N) is 3. The van der Waals surface area contributed by atoms with E-state index in [4.69, 9.17) is 9.97 Å². The number of aryl methyl sites for hydroxylation is 1. The third kappa shape index (κ3) is 4.83. The molecule has 3 aliphatic carbocycles. The van der Waals surface area contributed by atoms with Crippen molar-refractivity contribution < 1.29 is 14.0 Å². The maximum Gasteiger partial charge on any atom is 0.254 e. The van der Waals surface area contributed by atoms with Crippen LogP contribution in [0.1, 0.15) is 86.4 Å². The fourth-order valence-electron chi connectivity index (χ4n) is 8.08. The van der Waals surface area contributed by atoms with Gasteiger partial charge in [0.2, 0.25) is 5.91 Å². The van der Waals surface area contributed by atoms with E-state index >= 15 is 4.39 Å². The Bertz CT molecular complexity index is 1860. The van der Waals surface area contributed by atoms with Crippen LogP contribution in [0.2, 0.25) is 0 Å². The molecule has 4 fully saturated rings. The van der Waals surface area contributed by atoms with Gasteiger partial charge in [-0.2, -0.15) is 0 Å². The highest BCUT2D eigenvalue weighted by Crippen LogP contribution is 2.45. The Morgan fingerprint density at radius 2 is 1.91 bits per heavy atom. The number of nitrogens with zero attached hydrogens (tertiary/aromatic N) is 4. The average molecular weight is 610 g/mol. The van der Waals surface area contributed by atoms with Crippen LogP contribution in [0.3, 0.4) is 0 Å². The zero-order valence-corrected chi connectivity index (χ0v) is 25.7. The van der Waals surface area contributed by atoms with Gasteiger partial charge in [0.1, 0.15) is 11.5 Å². The number of piperidine rings is 1. The number of aromatic nitrogens is 4. The standard InChI is InChI=1S/C35H40FN7O2/c1-18-27-9-6-20-13-31(42(32(20)39-27)10-4-2-3-5-19-11-24(19)34(44)38-18)33-40-28-14-25(26(36)15-30(28)43(33)22-7-8-22)35(45)41-29-17-37-16-21-12-23(21)29/h6,9,13-15,18-19,21-24,29,37H,2-5,7-8,10-12,16-17H2,1H3,(H,38,44)(H,41,45)/t18-,19-,21-,23-,24-,29+/m1/s1. The van der Waals surface area contributed by atoms with Gasteiger partial charge < -0.3 is 25.1 Å². The van der Waals surface area contributed by atoms with Crippen molar-refractivity contribution >= 4 is 33.9 Å². The minimum absolute atomic E-state index is 0.0368. The number of halogens is 1. The van der Waals surface area contributed by atoms with Gasteiger partial charge in [-0.25, -0.2) is 14.4 Å². The fourth-order valence-corrected chi connectivity index (χ4v) is 8.08. The van der Waals surface area contributed by atoms with Crippen LogP contribution in [0.4, 0.5) is 4.39 Å². The SMILES string of the molecule is C[C@H]1NC(=O)[C@@H]2C[C@H]2CCCCCn2c(-c3nc4cc(C(=O)N[C@H]5CNC[C@H]6C[C@H]65)c(F)cc4n3C3CC3)cc3ccc1nc32. The monoisotopic (exact) mass is 609 g/mol. The Balaban J connectivity index is 1.11. The van der Waals surface area contributed by atoms with E-state index in [0.29, 0.717) is 23.3 Å². The van der Waals surface area contributed by atoms with Gasteiger partial charge in [-0.15, -0.1) is 0 Å². The predicted molar refractivity (Wildman–Crippen MR) is 169 cm³/mol. The van der Waals surface area contributed by atoms with Crippen molar-refractivity contribution in [3.63, 3.8) is 0 Å². The molecule has 3 N–H and O–H groups in total. The molecule has 0 unspecified atom stereocenters. The topological polar surface area (TPSA) is 106 Å². The zero-order valence-electron chi connectivity index (χ0n) is 25.7. The lowest BCUT2D eigenvalue weighted by atomic mass is 10.1. The van der Waals surface area contributed by atoms with Gasteiger partial charge in [0.05, 0.1) is 34.0 Å². The molecular formula is C35H40FN7O2. The van der Waals surface area contributed by atoms with E-state index in [-0.39, 0.29) is 41.4 Å². The van der Waals surface area contributed by atoms with Crippen molar-refractivity contribution in [2.45, 2.75) is 83.0 Å². The summed E-state index contributed by atoms with van der Waals surface area (Å²) in [6.07, 6.45) is 8.44. The van der Waals surface area contributed by atoms with Crippen molar-refractivity contribution in [3.05, 3.63) is 47.4 Å². The van der Waals surface area contributed by atoms with Crippen LogP contribution < -0.4 is 16.0 Å². The molecule has 2 amide bonds. The van der Waals surface area contributed by atoms with E-state index in [2.05, 4.69) is 37.2 Å². The molecule has 45 heavy (non-hydrogen) atoms. The van der Waals surface area contributed by atoms with Crippen molar-refractivity contribution in [3.8, 4) is 11.5 Å². The van der Waals surface area contributed by atoms with E-state index in [9.17, 15) is 9.59 Å². The van der Waals surface area contributed by atoms with Crippen molar-refractivity contribution in [2.24, 2.45) is 23.7 Å². The molecule has 234 valence electrons. The highest BCUT2D eigenvalue weighted by molar-refractivity contribution is 5.98. The van der Waals surface area contributed by atoms with Crippen LogP contribution in [-0.2, 0) is 11.3 Å². The second kappa shape index (κ2) is 10.4. The average Bonchev–Trinajstić information content (AvgIpc) is 3.94. The van der Waals surface area contributed by atoms with E-state index < -0.39 is 5.82 Å². The molecule has 6 atom stereocenters. The molecule has 2 bridgehead atoms. The molecule has 2 aliphatic heterocycles. The molecule has 0 spiro atoms. The van der Waals surface area contributed by atoms with E-state index in [0.717, 1.165) is 105 Å². The van der Waals surface area contributed by atoms with E-state index in [1.165, 1.54) is 6.07 Å². The number of rotatable bonds is 4. The summed E-state index contributed by atoms with van der Waals surface area (Å²) >= 11 is 0. The van der Waals surface area contributed by atoms with Gasteiger partial charge in [-0.05, 0) is 94.0 Å². The van der Waals surface area contributed by atoms with Crippen LogP contribution in [0.5, 0.6) is 0 Å². The summed E-state index contributed by atoms with van der Waals surface area (Å²) in [6.45, 7) is 4.54. The first kappa shape index (κ1) is 27.5. The number of pyridine rings is 1. The summed E-state index contributed by atoms with van der Waals surface area (Å²) < 4.78 is 20.1. The van der Waals surface area contributed by atoms with Crippen LogP contribution in [0.15, 0.2) is 30.3 Å². The van der Waals surface area contributed by atoms with Gasteiger partial charge >= 0.3 is 0 Å². The Labute approximate surface area is 261 Å². The van der Waals surface area contributed by atoms with Gasteiger partial charge in [0.15, 0.2) is 5.82 Å². The maximum absolute atomic E-state index is 15.7. The molecular weight excluding hydrogens is 569 g/mol. The molecule has 5 heterocycles. The quantitative estimate of drug-likeness (QED) is 0.293. The maximum atomic E-state index is 15.7. The lowest BCUT2D eigenvalue weighted by Crippen LogP contribution is -2.47. The number of carbonyl (C=O) groups is 2. The summed E-state index contributed by atoms with van der Waals surface area (Å²) in [5, 5.41) is 10.7. The first-order valence-corrected chi connectivity index (χ1v) is 17.0. The largest absolute Gasteiger partial charge is 0.348 e. The van der Waals surface area contributed by atoms with Crippen molar-refractivity contribution in [2.75, 3.05) is 13.1 Å². The molecule has 3 saturated carbocycles. The summed E-state index contributed by atoms with van der Waals surface area (Å²) in [4.78, 5) is 36.4. The Kier molecular flexibility index (Phi) is 6.34. The van der Waals surface area contributed by atoms with Crippen LogP contribution >= 0.6 is 0 Å². The predicted octanol–water partition coefficient (Wildman–Crippen LogP) is 5.25. The second-order valence-electron chi connectivity index (χ2n) is 14.3. The molecule has 1 saturated heterocycles. The number of fused-ring (bicyclic) bond motifs is 4. The zero-order chi connectivity index (χ0) is 30.4. The second-order valence-corrected chi connectivity index (χ2v) is 14.3. The minimum Gasteiger partial charge on any atom is -0.348 e. The molecule has 1 aromatic carbocycles. The summed E-state index contributed by atoms with van der Waals surface area (Å²) in [5.74, 6) is 1.83. The van der Waals surface area contributed by atoms with Crippen molar-refractivity contribution in [1.29, 1.82) is 0 Å². The number of hydrogen-bond acceptors (Lipinski definition) is 5. The normalized spacial score (nSPS) is 29.6. The lowest BCUT2D eigenvalue weighted by Gasteiger charge is -2.23. The van der Waals surface area contributed by atoms with Gasteiger partial charge in [0, 0.05) is 42.5 Å². The summed E-state index contributed by atoms with van der Waals surface area (Å²) in [7, 11) is 0. The third-order valence-electron chi connectivity index (χ3n) is 11.0. The molecule has 9 nitrogen and oxygen atoms in total. The number of hydrogen-bond donors (Lipinski definition) is 3. The first-order valence-electron chi connectivity index (χ1n) is 17.0. The Morgan fingerprint density at radius 1 is 1.02 bits per heavy atom. The summed E-state index contributed by atoms with van der Waals surface area (Å²) in [6, 6.07) is 9.49. The smallest absolute Gasteiger partial charge is 0.254 e. The van der Waals surface area contributed by atoms with Crippen LogP contribution in [0.25, 0.3) is 33.6 Å². The summed E-state index contributed by atoms with van der Waals surface area (Å²) in [5.41, 5.74) is 4.10. The number of benzene rings is 1. The molecule has 0 radical (unpaired) electrons. The highest BCUT2D eigenvalue weighted by atomic mass is 19.1. The van der Waals surface area contributed by atoms with Gasteiger partial charge in [0.25, 0.3) is 5.91 Å². The molecule has 10 heteroatoms. The van der Waals surface area contributed by atoms with Gasteiger partial charge in [-0.3, -0.25) is 9.59 Å². The third-order valence-corrected chi connectivity index (χ3v) is 11.0. The van der Waals surface area contributed by atoms with E-state index in [1.54, 1.807) is 6.07 Å². The molecule has 3 aromatic heterocycles. The Morgan fingerprint density at radius 3 is 2.78 bits per heavy atom. The Hall–Kier alpha value is -3.79. The number of imidazole rings is 1. The van der Waals surface area contributed by atoms with Gasteiger partial charge in [-0.1, -0.05) is 12.8 Å². The van der Waals surface area contributed by atoms with Crippen LogP contribution in [0, 0.1) is 29.5 Å². The van der Waals surface area contributed by atoms with Crippen molar-refractivity contribution in [1.82, 2.24) is 35.1 Å². The molecule has 4 aromatic rings. The molecule has 5 aliphatic rings. The number of amides is 2. The lowest BCUT2D eigenvalue weighted by molar-refractivity contribution is -0.123. The minimum atomic E-state index is -0.508. The number of carbonyl (C=O) groups excluding carboxylic acids is 2.